The molecule has 0 unspecified atom stereocenters. The van der Waals surface area contributed by atoms with Gasteiger partial charge < -0.3 is 9.73 Å². The molecule has 1 saturated carbocycles. The fourth-order valence-electron chi connectivity index (χ4n) is 3.53. The number of fused-ring (bicyclic) bond motifs is 1. The Morgan fingerprint density at radius 3 is 2.66 bits per heavy atom. The number of amides is 1. The first-order chi connectivity index (χ1) is 14.0. The first-order valence-electron chi connectivity index (χ1n) is 9.53. The summed E-state index contributed by atoms with van der Waals surface area (Å²) in [6.45, 7) is 3.75. The third-order valence-corrected chi connectivity index (χ3v) is 5.71. The lowest BCUT2D eigenvalue weighted by Gasteiger charge is -2.07. The Morgan fingerprint density at radius 1 is 1.17 bits per heavy atom. The van der Waals surface area contributed by atoms with Crippen molar-refractivity contribution in [1.29, 1.82) is 0 Å². The Balaban J connectivity index is 1.43. The van der Waals surface area contributed by atoms with Crippen LogP contribution in [0.5, 0.6) is 0 Å². The van der Waals surface area contributed by atoms with E-state index in [0.717, 1.165) is 45.7 Å². The van der Waals surface area contributed by atoms with Gasteiger partial charge in [0.05, 0.1) is 22.6 Å². The van der Waals surface area contributed by atoms with Crippen molar-refractivity contribution >= 4 is 38.6 Å². The van der Waals surface area contributed by atoms with Crippen LogP contribution < -0.4 is 5.32 Å². The number of aromatic nitrogens is 3. The second-order valence-electron chi connectivity index (χ2n) is 7.40. The number of anilines is 1. The van der Waals surface area contributed by atoms with Crippen molar-refractivity contribution in [3.63, 3.8) is 0 Å². The summed E-state index contributed by atoms with van der Waals surface area (Å²) >= 11 is 3.44. The summed E-state index contributed by atoms with van der Waals surface area (Å²) in [4.78, 5) is 17.6. The predicted molar refractivity (Wildman–Crippen MR) is 115 cm³/mol. The highest BCUT2D eigenvalue weighted by molar-refractivity contribution is 9.10. The molecule has 29 heavy (non-hydrogen) atoms. The van der Waals surface area contributed by atoms with Gasteiger partial charge in [0, 0.05) is 16.1 Å². The van der Waals surface area contributed by atoms with E-state index in [4.69, 9.17) is 4.42 Å². The normalized spacial score (nSPS) is 13.8. The van der Waals surface area contributed by atoms with Gasteiger partial charge in [0.25, 0.3) is 5.91 Å². The third kappa shape index (κ3) is 3.35. The number of oxazole rings is 1. The molecule has 2 aromatic carbocycles. The summed E-state index contributed by atoms with van der Waals surface area (Å²) < 4.78 is 8.58. The standard InChI is InChI=1S/C22H19BrN4O2/c1-12-20(13(2)27(26-12)17-8-5-15(23)6-9-17)21(28)24-16-7-10-19-18(11-16)25-22(29-19)14-3-4-14/h5-11,14H,3-4H2,1-2H3,(H,24,28). The molecule has 4 aromatic rings. The molecule has 0 radical (unpaired) electrons. The van der Waals surface area contributed by atoms with E-state index in [9.17, 15) is 4.79 Å². The van der Waals surface area contributed by atoms with Crippen LogP contribution in [0, 0.1) is 13.8 Å². The Kier molecular flexibility index (Phi) is 4.28. The maximum absolute atomic E-state index is 13.0. The molecule has 1 aliphatic rings. The van der Waals surface area contributed by atoms with Gasteiger partial charge in [-0.2, -0.15) is 5.10 Å². The van der Waals surface area contributed by atoms with Crippen LogP contribution in [0.4, 0.5) is 5.69 Å². The van der Waals surface area contributed by atoms with Gasteiger partial charge >= 0.3 is 0 Å². The van der Waals surface area contributed by atoms with Gasteiger partial charge in [-0.1, -0.05) is 15.9 Å². The van der Waals surface area contributed by atoms with Crippen LogP contribution in [-0.2, 0) is 0 Å². The lowest BCUT2D eigenvalue weighted by atomic mass is 10.1. The largest absolute Gasteiger partial charge is 0.440 e. The highest BCUT2D eigenvalue weighted by Crippen LogP contribution is 2.40. The Morgan fingerprint density at radius 2 is 1.93 bits per heavy atom. The van der Waals surface area contributed by atoms with Gasteiger partial charge in [0.2, 0.25) is 0 Å². The molecular weight excluding hydrogens is 432 g/mol. The van der Waals surface area contributed by atoms with Gasteiger partial charge in [0.1, 0.15) is 5.52 Å². The van der Waals surface area contributed by atoms with Crippen molar-refractivity contribution in [3.8, 4) is 5.69 Å². The molecule has 0 saturated heterocycles. The molecule has 2 aromatic heterocycles. The number of nitrogens with zero attached hydrogens (tertiary/aromatic N) is 3. The SMILES string of the molecule is Cc1nn(-c2ccc(Br)cc2)c(C)c1C(=O)Nc1ccc2oc(C3CC3)nc2c1. The van der Waals surface area contributed by atoms with E-state index in [-0.39, 0.29) is 5.91 Å². The molecule has 7 heteroatoms. The molecule has 0 atom stereocenters. The van der Waals surface area contributed by atoms with Crippen LogP contribution in [0.1, 0.15) is 46.4 Å². The molecule has 0 aliphatic heterocycles. The predicted octanol–water partition coefficient (Wildman–Crippen LogP) is 5.52. The van der Waals surface area contributed by atoms with Crippen LogP contribution in [0.2, 0.25) is 0 Å². The molecule has 1 aliphatic carbocycles. The van der Waals surface area contributed by atoms with E-state index in [1.165, 1.54) is 0 Å². The third-order valence-electron chi connectivity index (χ3n) is 5.18. The summed E-state index contributed by atoms with van der Waals surface area (Å²) in [5.74, 6) is 1.06. The average molecular weight is 451 g/mol. The molecule has 0 spiro atoms. The first-order valence-corrected chi connectivity index (χ1v) is 10.3. The maximum atomic E-state index is 13.0. The fraction of sp³-hybridized carbons (Fsp3) is 0.227. The van der Waals surface area contributed by atoms with E-state index in [0.29, 0.717) is 22.9 Å². The molecular formula is C22H19BrN4O2. The molecule has 1 fully saturated rings. The number of carbonyl (C=O) groups excluding carboxylic acids is 1. The van der Waals surface area contributed by atoms with Gasteiger partial charge in [-0.3, -0.25) is 4.79 Å². The first kappa shape index (κ1) is 18.1. The second kappa shape index (κ2) is 6.84. The summed E-state index contributed by atoms with van der Waals surface area (Å²) in [6.07, 6.45) is 2.27. The summed E-state index contributed by atoms with van der Waals surface area (Å²) in [5, 5.41) is 7.54. The molecule has 1 amide bonds. The van der Waals surface area contributed by atoms with Gasteiger partial charge in [0.15, 0.2) is 11.5 Å². The van der Waals surface area contributed by atoms with Crippen molar-refractivity contribution in [3.05, 3.63) is 69.8 Å². The van der Waals surface area contributed by atoms with Crippen molar-refractivity contribution in [2.45, 2.75) is 32.6 Å². The Hall–Kier alpha value is -2.93. The van der Waals surface area contributed by atoms with Crippen LogP contribution in [0.15, 0.2) is 51.4 Å². The second-order valence-corrected chi connectivity index (χ2v) is 8.31. The van der Waals surface area contributed by atoms with E-state index >= 15 is 0 Å². The Labute approximate surface area is 176 Å². The number of aryl methyl sites for hydroxylation is 1. The Bertz CT molecular complexity index is 1240. The lowest BCUT2D eigenvalue weighted by Crippen LogP contribution is -2.14. The highest BCUT2D eigenvalue weighted by atomic mass is 79.9. The number of halogens is 1. The van der Waals surface area contributed by atoms with E-state index < -0.39 is 0 Å². The van der Waals surface area contributed by atoms with Gasteiger partial charge in [-0.05, 0) is 69.2 Å². The van der Waals surface area contributed by atoms with Gasteiger partial charge in [-0.25, -0.2) is 9.67 Å². The summed E-state index contributed by atoms with van der Waals surface area (Å²) in [6, 6.07) is 13.4. The highest BCUT2D eigenvalue weighted by Gasteiger charge is 2.29. The maximum Gasteiger partial charge on any atom is 0.259 e. The van der Waals surface area contributed by atoms with Gasteiger partial charge in [-0.15, -0.1) is 0 Å². The van der Waals surface area contributed by atoms with Crippen molar-refractivity contribution in [1.82, 2.24) is 14.8 Å². The zero-order chi connectivity index (χ0) is 20.1. The lowest BCUT2D eigenvalue weighted by molar-refractivity contribution is 0.102. The minimum atomic E-state index is -0.186. The van der Waals surface area contributed by atoms with E-state index in [1.54, 1.807) is 4.68 Å². The minimum Gasteiger partial charge on any atom is -0.440 e. The monoisotopic (exact) mass is 450 g/mol. The molecule has 1 N–H and O–H groups in total. The number of hydrogen-bond donors (Lipinski definition) is 1. The number of rotatable bonds is 4. The quantitative estimate of drug-likeness (QED) is 0.443. The molecule has 0 bridgehead atoms. The van der Waals surface area contributed by atoms with Crippen LogP contribution >= 0.6 is 15.9 Å². The fourth-order valence-corrected chi connectivity index (χ4v) is 3.79. The molecule has 5 rings (SSSR count). The van der Waals surface area contributed by atoms with Crippen LogP contribution in [0.25, 0.3) is 16.8 Å². The zero-order valence-corrected chi connectivity index (χ0v) is 17.7. The summed E-state index contributed by atoms with van der Waals surface area (Å²) in [7, 11) is 0. The summed E-state index contributed by atoms with van der Waals surface area (Å²) in [5.41, 5.74) is 5.16. The van der Waals surface area contributed by atoms with Crippen LogP contribution in [-0.4, -0.2) is 20.7 Å². The van der Waals surface area contributed by atoms with Crippen LogP contribution in [0.3, 0.4) is 0 Å². The number of nitrogens with one attached hydrogen (secondary N) is 1. The van der Waals surface area contributed by atoms with Crippen molar-refractivity contribution in [2.75, 3.05) is 5.32 Å². The zero-order valence-electron chi connectivity index (χ0n) is 16.1. The number of hydrogen-bond acceptors (Lipinski definition) is 4. The van der Waals surface area contributed by atoms with E-state index in [2.05, 4.69) is 31.3 Å². The molecule has 6 nitrogen and oxygen atoms in total. The van der Waals surface area contributed by atoms with Crippen molar-refractivity contribution < 1.29 is 9.21 Å². The number of benzene rings is 2. The molecule has 2 heterocycles. The minimum absolute atomic E-state index is 0.186. The topological polar surface area (TPSA) is 73.0 Å². The van der Waals surface area contributed by atoms with Crippen molar-refractivity contribution in [2.24, 2.45) is 0 Å². The average Bonchev–Trinajstić information content (AvgIpc) is 3.39. The smallest absolute Gasteiger partial charge is 0.259 e. The number of carbonyl (C=O) groups is 1. The molecule has 146 valence electrons. The van der Waals surface area contributed by atoms with E-state index in [1.807, 2.05) is 56.3 Å².